The monoisotopic (exact) mass is 628 g/mol. The first-order valence-corrected chi connectivity index (χ1v) is 17.2. The molecular formula is C42H40Cl2N+. The zero-order valence-electron chi connectivity index (χ0n) is 26.3. The Morgan fingerprint density at radius 3 is 1.40 bits per heavy atom. The van der Waals surface area contributed by atoms with Gasteiger partial charge < -0.3 is 4.48 Å². The quantitative estimate of drug-likeness (QED) is 0.147. The van der Waals surface area contributed by atoms with Crippen molar-refractivity contribution in [2.24, 2.45) is 0 Å². The number of nitrogens with zero attached hydrogens (tertiary/aromatic N) is 1. The molecule has 0 saturated heterocycles. The molecule has 1 aliphatic heterocycles. The van der Waals surface area contributed by atoms with E-state index in [9.17, 15) is 0 Å². The van der Waals surface area contributed by atoms with Crippen LogP contribution in [0.4, 0.5) is 0 Å². The summed E-state index contributed by atoms with van der Waals surface area (Å²) in [6, 6.07) is 39.7. The van der Waals surface area contributed by atoms with Crippen LogP contribution >= 0.6 is 23.2 Å². The maximum absolute atomic E-state index is 6.67. The van der Waals surface area contributed by atoms with Crippen LogP contribution in [-0.2, 0) is 13.1 Å². The fraction of sp³-hybridized carbons (Fsp3) is 0.238. The number of halogens is 2. The van der Waals surface area contributed by atoms with Crippen molar-refractivity contribution in [2.75, 3.05) is 13.1 Å². The molecule has 6 aromatic carbocycles. The van der Waals surface area contributed by atoms with E-state index in [0.717, 1.165) is 40.7 Å². The summed E-state index contributed by atoms with van der Waals surface area (Å²) < 4.78 is 1.04. The Morgan fingerprint density at radius 1 is 0.533 bits per heavy atom. The van der Waals surface area contributed by atoms with Gasteiger partial charge in [-0.05, 0) is 93.0 Å². The number of hydrogen-bond donors (Lipinski definition) is 0. The highest BCUT2D eigenvalue weighted by Gasteiger charge is 2.37. The Kier molecular flexibility index (Phi) is 8.44. The SMILES string of the molecule is CCCC[N+]1(CCCC)Cc2c(-c3cccc(Cl)c3)cc3ccccc3c2-c2c(c(-c3cccc(Cl)c3)cc3ccccc23)C1. The number of benzene rings is 6. The summed E-state index contributed by atoms with van der Waals surface area (Å²) in [6.45, 7) is 8.93. The Bertz CT molecular complexity index is 1880. The van der Waals surface area contributed by atoms with Crippen LogP contribution in [0.2, 0.25) is 10.0 Å². The molecule has 45 heavy (non-hydrogen) atoms. The maximum atomic E-state index is 6.67. The molecule has 0 fully saturated rings. The number of quaternary nitrogens is 1. The summed E-state index contributed by atoms with van der Waals surface area (Å²) in [7, 11) is 0. The second kappa shape index (κ2) is 12.6. The standard InChI is InChI=1S/C42H40Cl2N/c1-3-5-21-45(22-6-4-2)27-39-37(29-15-11-17-33(43)23-29)25-31-13-7-9-19-35(31)41(39)42-36-20-10-8-14-32(36)26-38(40(42)28-45)30-16-12-18-34(44)24-30/h7-20,23-26H,3-6,21-22,27-28H2,1-2H3/q+1. The molecule has 0 unspecified atom stereocenters. The summed E-state index contributed by atoms with van der Waals surface area (Å²) in [6.07, 6.45) is 4.77. The Hall–Kier alpha value is -3.62. The molecule has 0 amide bonds. The van der Waals surface area contributed by atoms with Gasteiger partial charge in [0.2, 0.25) is 0 Å². The zero-order chi connectivity index (χ0) is 31.0. The van der Waals surface area contributed by atoms with Gasteiger partial charge in [-0.2, -0.15) is 0 Å². The molecule has 7 rings (SSSR count). The van der Waals surface area contributed by atoms with Gasteiger partial charge in [0.05, 0.1) is 13.1 Å². The minimum absolute atomic E-state index is 0.773. The second-order valence-corrected chi connectivity index (χ2v) is 13.7. The van der Waals surface area contributed by atoms with Gasteiger partial charge in [-0.15, -0.1) is 0 Å². The van der Waals surface area contributed by atoms with Crippen LogP contribution < -0.4 is 0 Å². The highest BCUT2D eigenvalue weighted by molar-refractivity contribution is 6.31. The van der Waals surface area contributed by atoms with E-state index in [2.05, 4.69) is 111 Å². The van der Waals surface area contributed by atoms with Crippen LogP contribution in [0.1, 0.15) is 50.7 Å². The van der Waals surface area contributed by atoms with Crippen molar-refractivity contribution in [3.8, 4) is 33.4 Å². The molecular weight excluding hydrogens is 589 g/mol. The van der Waals surface area contributed by atoms with E-state index in [4.69, 9.17) is 23.2 Å². The minimum atomic E-state index is 0.773. The van der Waals surface area contributed by atoms with Gasteiger partial charge in [-0.1, -0.05) is 123 Å². The fourth-order valence-electron chi connectivity index (χ4n) is 7.65. The molecule has 0 bridgehead atoms. The lowest BCUT2D eigenvalue weighted by Gasteiger charge is -2.39. The Morgan fingerprint density at radius 2 is 0.978 bits per heavy atom. The van der Waals surface area contributed by atoms with Crippen molar-refractivity contribution in [3.05, 3.63) is 130 Å². The van der Waals surface area contributed by atoms with Gasteiger partial charge in [0, 0.05) is 32.3 Å². The highest BCUT2D eigenvalue weighted by Crippen LogP contribution is 2.50. The van der Waals surface area contributed by atoms with Gasteiger partial charge in [-0.25, -0.2) is 0 Å². The average Bonchev–Trinajstić information content (AvgIpc) is 3.21. The van der Waals surface area contributed by atoms with Crippen LogP contribution in [0.15, 0.2) is 109 Å². The number of fused-ring (bicyclic) bond motifs is 7. The van der Waals surface area contributed by atoms with E-state index in [1.54, 1.807) is 0 Å². The molecule has 0 spiro atoms. The lowest BCUT2D eigenvalue weighted by molar-refractivity contribution is -0.953. The maximum Gasteiger partial charge on any atom is 0.106 e. The third kappa shape index (κ3) is 5.67. The van der Waals surface area contributed by atoms with Crippen molar-refractivity contribution in [2.45, 2.75) is 52.6 Å². The predicted octanol–water partition coefficient (Wildman–Crippen LogP) is 12.7. The second-order valence-electron chi connectivity index (χ2n) is 12.8. The van der Waals surface area contributed by atoms with Crippen LogP contribution in [0.5, 0.6) is 0 Å². The largest absolute Gasteiger partial charge is 0.316 e. The van der Waals surface area contributed by atoms with Gasteiger partial charge in [0.1, 0.15) is 13.1 Å². The summed E-state index contributed by atoms with van der Waals surface area (Å²) >= 11 is 13.3. The predicted molar refractivity (Wildman–Crippen MR) is 195 cm³/mol. The molecule has 1 aliphatic rings. The summed E-state index contributed by atoms with van der Waals surface area (Å²) in [4.78, 5) is 0. The molecule has 6 aromatic rings. The molecule has 0 radical (unpaired) electrons. The number of hydrogen-bond acceptors (Lipinski definition) is 0. The Balaban J connectivity index is 1.68. The van der Waals surface area contributed by atoms with Crippen molar-refractivity contribution in [1.29, 1.82) is 0 Å². The minimum Gasteiger partial charge on any atom is -0.316 e. The lowest BCUT2D eigenvalue weighted by atomic mass is 9.82. The summed E-state index contributed by atoms with van der Waals surface area (Å²) in [5.41, 5.74) is 10.6. The first kappa shape index (κ1) is 30.1. The zero-order valence-corrected chi connectivity index (χ0v) is 27.8. The van der Waals surface area contributed by atoms with Crippen molar-refractivity contribution in [3.63, 3.8) is 0 Å². The first-order chi connectivity index (χ1) is 22.0. The van der Waals surface area contributed by atoms with Crippen LogP contribution in [0, 0.1) is 0 Å². The fourth-order valence-corrected chi connectivity index (χ4v) is 8.03. The van der Waals surface area contributed by atoms with E-state index >= 15 is 0 Å². The van der Waals surface area contributed by atoms with Crippen molar-refractivity contribution < 1.29 is 4.48 Å². The molecule has 1 heterocycles. The Labute approximate surface area is 277 Å². The van der Waals surface area contributed by atoms with E-state index in [0.29, 0.717) is 0 Å². The summed E-state index contributed by atoms with van der Waals surface area (Å²) in [5, 5.41) is 6.70. The van der Waals surface area contributed by atoms with Gasteiger partial charge >= 0.3 is 0 Å². The molecule has 1 nitrogen and oxygen atoms in total. The number of rotatable bonds is 8. The highest BCUT2D eigenvalue weighted by atomic mass is 35.5. The van der Waals surface area contributed by atoms with E-state index in [1.807, 2.05) is 12.1 Å². The molecule has 0 aromatic heterocycles. The molecule has 0 atom stereocenters. The molecule has 3 heteroatoms. The van der Waals surface area contributed by atoms with Crippen molar-refractivity contribution >= 4 is 44.7 Å². The van der Waals surface area contributed by atoms with Gasteiger partial charge in [0.25, 0.3) is 0 Å². The normalized spacial score (nSPS) is 13.9. The topological polar surface area (TPSA) is 0 Å². The lowest BCUT2D eigenvalue weighted by Crippen LogP contribution is -2.47. The first-order valence-electron chi connectivity index (χ1n) is 16.5. The smallest absolute Gasteiger partial charge is 0.106 e. The van der Waals surface area contributed by atoms with Crippen LogP contribution in [-0.4, -0.2) is 17.6 Å². The number of unbranched alkanes of at least 4 members (excludes halogenated alkanes) is 2. The molecule has 0 aliphatic carbocycles. The van der Waals surface area contributed by atoms with Gasteiger partial charge in [-0.3, -0.25) is 0 Å². The van der Waals surface area contributed by atoms with Crippen molar-refractivity contribution in [1.82, 2.24) is 0 Å². The van der Waals surface area contributed by atoms with Crippen LogP contribution in [0.3, 0.4) is 0 Å². The van der Waals surface area contributed by atoms with E-state index in [-0.39, 0.29) is 0 Å². The average molecular weight is 630 g/mol. The molecule has 0 saturated carbocycles. The van der Waals surface area contributed by atoms with Crippen LogP contribution in [0.25, 0.3) is 54.9 Å². The van der Waals surface area contributed by atoms with E-state index < -0.39 is 0 Å². The van der Waals surface area contributed by atoms with E-state index in [1.165, 1.54) is 91.7 Å². The third-order valence-corrected chi connectivity index (χ3v) is 10.3. The molecule has 0 N–H and O–H groups in total. The van der Waals surface area contributed by atoms with Gasteiger partial charge in [0.15, 0.2) is 0 Å². The molecule has 226 valence electrons. The third-order valence-electron chi connectivity index (χ3n) is 9.79. The summed E-state index contributed by atoms with van der Waals surface area (Å²) in [5.74, 6) is 0.